The first-order valence-electron chi connectivity index (χ1n) is 5.40. The molecule has 19 heavy (non-hydrogen) atoms. The minimum Gasteiger partial charge on any atom is -0.294 e. The number of benzene rings is 2. The minimum atomic E-state index is -0.542. The molecule has 98 valence electrons. The molecule has 0 spiro atoms. The maximum atomic E-state index is 13.6. The van der Waals surface area contributed by atoms with Gasteiger partial charge in [0.15, 0.2) is 5.78 Å². The first-order chi connectivity index (χ1) is 8.99. The Morgan fingerprint density at radius 3 is 2.53 bits per heavy atom. The molecule has 0 atom stereocenters. The summed E-state index contributed by atoms with van der Waals surface area (Å²) in [6.07, 6.45) is 0.0659. The van der Waals surface area contributed by atoms with Crippen molar-refractivity contribution in [2.45, 2.75) is 6.42 Å². The molecule has 0 aliphatic rings. The van der Waals surface area contributed by atoms with Crippen LogP contribution in [0.3, 0.4) is 0 Å². The van der Waals surface area contributed by atoms with Crippen molar-refractivity contribution < 1.29 is 9.18 Å². The van der Waals surface area contributed by atoms with Crippen molar-refractivity contribution in [1.29, 1.82) is 0 Å². The molecule has 0 radical (unpaired) electrons. The summed E-state index contributed by atoms with van der Waals surface area (Å²) >= 11 is 14.9. The van der Waals surface area contributed by atoms with Crippen LogP contribution in [0.5, 0.6) is 0 Å². The number of hydrogen-bond donors (Lipinski definition) is 0. The second-order valence-electron chi connectivity index (χ2n) is 3.95. The van der Waals surface area contributed by atoms with Gasteiger partial charge in [0.05, 0.1) is 15.6 Å². The lowest BCUT2D eigenvalue weighted by atomic mass is 10.0. The van der Waals surface area contributed by atoms with Crippen molar-refractivity contribution >= 4 is 44.9 Å². The lowest BCUT2D eigenvalue weighted by Crippen LogP contribution is -2.07. The molecular weight excluding hydrogens is 354 g/mol. The maximum absolute atomic E-state index is 13.6. The minimum absolute atomic E-state index is 0.0496. The molecule has 1 nitrogen and oxygen atoms in total. The molecule has 0 aliphatic carbocycles. The Morgan fingerprint density at radius 2 is 1.89 bits per heavy atom. The first kappa shape index (κ1) is 14.5. The van der Waals surface area contributed by atoms with E-state index in [-0.39, 0.29) is 17.8 Å². The highest BCUT2D eigenvalue weighted by molar-refractivity contribution is 9.10. The van der Waals surface area contributed by atoms with E-state index in [4.69, 9.17) is 23.2 Å². The predicted octanol–water partition coefficient (Wildman–Crippen LogP) is 5.32. The van der Waals surface area contributed by atoms with Gasteiger partial charge in [0.1, 0.15) is 5.82 Å². The summed E-state index contributed by atoms with van der Waals surface area (Å²) in [5, 5.41) is 0.796. The summed E-state index contributed by atoms with van der Waals surface area (Å²) in [7, 11) is 0. The normalized spacial score (nSPS) is 10.5. The zero-order valence-corrected chi connectivity index (χ0v) is 12.7. The van der Waals surface area contributed by atoms with Crippen LogP contribution < -0.4 is 0 Å². The molecule has 0 fully saturated rings. The Morgan fingerprint density at radius 1 is 1.16 bits per heavy atom. The molecule has 0 amide bonds. The summed E-state index contributed by atoms with van der Waals surface area (Å²) in [4.78, 5) is 12.1. The van der Waals surface area contributed by atoms with E-state index in [2.05, 4.69) is 15.9 Å². The highest BCUT2D eigenvalue weighted by Crippen LogP contribution is 2.25. The van der Waals surface area contributed by atoms with Crippen LogP contribution >= 0.6 is 39.1 Å². The van der Waals surface area contributed by atoms with E-state index in [0.29, 0.717) is 20.1 Å². The average Bonchev–Trinajstić information content (AvgIpc) is 2.33. The van der Waals surface area contributed by atoms with Crippen LogP contribution in [-0.4, -0.2) is 5.78 Å². The fraction of sp³-hybridized carbons (Fsp3) is 0.0714. The van der Waals surface area contributed by atoms with Gasteiger partial charge in [-0.3, -0.25) is 4.79 Å². The van der Waals surface area contributed by atoms with Gasteiger partial charge in [-0.05, 0) is 45.8 Å². The second kappa shape index (κ2) is 6.04. The molecule has 0 N–H and O–H groups in total. The van der Waals surface area contributed by atoms with Crippen molar-refractivity contribution in [3.63, 3.8) is 0 Å². The van der Waals surface area contributed by atoms with Gasteiger partial charge in [-0.2, -0.15) is 0 Å². The largest absolute Gasteiger partial charge is 0.294 e. The van der Waals surface area contributed by atoms with Crippen LogP contribution in [-0.2, 0) is 6.42 Å². The fourth-order valence-electron chi connectivity index (χ4n) is 1.69. The highest BCUT2D eigenvalue weighted by atomic mass is 79.9. The Kier molecular flexibility index (Phi) is 4.61. The molecule has 0 heterocycles. The van der Waals surface area contributed by atoms with Crippen molar-refractivity contribution in [2.24, 2.45) is 0 Å². The number of carbonyl (C=O) groups excluding carboxylic acids is 1. The molecule has 0 aliphatic heterocycles. The zero-order valence-electron chi connectivity index (χ0n) is 9.59. The number of halogens is 4. The SMILES string of the molecule is O=C(Cc1ccc(Cl)c(Cl)c1)c1c(F)cccc1Br. The molecule has 0 saturated heterocycles. The van der Waals surface area contributed by atoms with Gasteiger partial charge in [0.25, 0.3) is 0 Å². The second-order valence-corrected chi connectivity index (χ2v) is 5.61. The number of ketones is 1. The van der Waals surface area contributed by atoms with E-state index in [1.54, 1.807) is 24.3 Å². The first-order valence-corrected chi connectivity index (χ1v) is 6.95. The quantitative estimate of drug-likeness (QED) is 0.676. The van der Waals surface area contributed by atoms with E-state index >= 15 is 0 Å². The van der Waals surface area contributed by atoms with E-state index in [0.717, 1.165) is 0 Å². The molecule has 2 aromatic rings. The lowest BCUT2D eigenvalue weighted by molar-refractivity contribution is 0.0988. The molecule has 2 aromatic carbocycles. The van der Waals surface area contributed by atoms with Gasteiger partial charge in [-0.25, -0.2) is 4.39 Å². The Balaban J connectivity index is 2.28. The lowest BCUT2D eigenvalue weighted by Gasteiger charge is -2.06. The van der Waals surface area contributed by atoms with Crippen LogP contribution in [0.1, 0.15) is 15.9 Å². The van der Waals surface area contributed by atoms with Crippen molar-refractivity contribution in [3.05, 3.63) is 67.9 Å². The van der Waals surface area contributed by atoms with E-state index < -0.39 is 5.82 Å². The standard InChI is InChI=1S/C14H8BrCl2FO/c15-9-2-1-3-12(18)14(9)13(19)7-8-4-5-10(16)11(17)6-8/h1-6H,7H2. The van der Waals surface area contributed by atoms with Crippen molar-refractivity contribution in [1.82, 2.24) is 0 Å². The van der Waals surface area contributed by atoms with Crippen molar-refractivity contribution in [2.75, 3.05) is 0 Å². The van der Waals surface area contributed by atoms with Crippen LogP contribution in [0.2, 0.25) is 10.0 Å². The molecule has 0 unspecified atom stereocenters. The summed E-state index contributed by atoms with van der Waals surface area (Å²) in [5.74, 6) is -0.859. The van der Waals surface area contributed by atoms with Gasteiger partial charge in [-0.15, -0.1) is 0 Å². The smallest absolute Gasteiger partial charge is 0.171 e. The fourth-order valence-corrected chi connectivity index (χ4v) is 2.57. The van der Waals surface area contributed by atoms with Gasteiger partial charge >= 0.3 is 0 Å². The highest BCUT2D eigenvalue weighted by Gasteiger charge is 2.16. The van der Waals surface area contributed by atoms with E-state index in [9.17, 15) is 9.18 Å². The van der Waals surface area contributed by atoms with E-state index in [1.165, 1.54) is 12.1 Å². The summed E-state index contributed by atoms with van der Waals surface area (Å²) < 4.78 is 14.1. The van der Waals surface area contributed by atoms with E-state index in [1.807, 2.05) is 0 Å². The molecule has 2 rings (SSSR count). The topological polar surface area (TPSA) is 17.1 Å². The van der Waals surface area contributed by atoms with Gasteiger partial charge in [-0.1, -0.05) is 35.3 Å². The Bertz CT molecular complexity index is 623. The predicted molar refractivity (Wildman–Crippen MR) is 78.6 cm³/mol. The number of rotatable bonds is 3. The Labute approximate surface area is 128 Å². The third-order valence-electron chi connectivity index (χ3n) is 2.59. The van der Waals surface area contributed by atoms with Crippen LogP contribution in [0.25, 0.3) is 0 Å². The summed E-state index contributed by atoms with van der Waals surface area (Å²) in [6.45, 7) is 0. The maximum Gasteiger partial charge on any atom is 0.171 e. The summed E-state index contributed by atoms with van der Waals surface area (Å²) in [5.41, 5.74) is 0.739. The number of carbonyl (C=O) groups is 1. The van der Waals surface area contributed by atoms with Crippen LogP contribution in [0, 0.1) is 5.82 Å². The van der Waals surface area contributed by atoms with Crippen LogP contribution in [0.15, 0.2) is 40.9 Å². The molecule has 0 bridgehead atoms. The molecule has 0 aromatic heterocycles. The number of Topliss-reactive ketones (excluding diaryl/α,β-unsaturated/α-hetero) is 1. The Hall–Kier alpha value is -0.900. The summed E-state index contributed by atoms with van der Waals surface area (Å²) in [6, 6.07) is 9.34. The van der Waals surface area contributed by atoms with Gasteiger partial charge in [0.2, 0.25) is 0 Å². The molecule has 0 saturated carbocycles. The van der Waals surface area contributed by atoms with Gasteiger partial charge < -0.3 is 0 Å². The monoisotopic (exact) mass is 360 g/mol. The van der Waals surface area contributed by atoms with Crippen LogP contribution in [0.4, 0.5) is 4.39 Å². The molecule has 5 heteroatoms. The van der Waals surface area contributed by atoms with Gasteiger partial charge in [0, 0.05) is 10.9 Å². The zero-order chi connectivity index (χ0) is 14.0. The third kappa shape index (κ3) is 3.35. The average molecular weight is 362 g/mol. The van der Waals surface area contributed by atoms with Crippen molar-refractivity contribution in [3.8, 4) is 0 Å². The number of hydrogen-bond acceptors (Lipinski definition) is 1. The molecular formula is C14H8BrCl2FO. The third-order valence-corrected chi connectivity index (χ3v) is 3.99.